The Kier molecular flexibility index (Phi) is 9.69. The molecule has 0 fully saturated rings. The van der Waals surface area contributed by atoms with Gasteiger partial charge in [0.2, 0.25) is 5.91 Å². The Bertz CT molecular complexity index is 903. The summed E-state index contributed by atoms with van der Waals surface area (Å²) in [4.78, 5) is 37.4. The van der Waals surface area contributed by atoms with Crippen LogP contribution < -0.4 is 0 Å². The second-order valence-electron chi connectivity index (χ2n) is 7.89. The van der Waals surface area contributed by atoms with Crippen LogP contribution in [0, 0.1) is 5.92 Å². The number of hydrogen-bond donors (Lipinski definition) is 1. The first-order valence-electron chi connectivity index (χ1n) is 10.6. The minimum absolute atomic E-state index is 0.0499. The van der Waals surface area contributed by atoms with Crippen LogP contribution in [0.1, 0.15) is 53.6 Å². The molecule has 5 nitrogen and oxygen atoms in total. The molecule has 1 atom stereocenters. The van der Waals surface area contributed by atoms with E-state index in [1.165, 1.54) is 0 Å². The lowest BCUT2D eigenvalue weighted by molar-refractivity contribution is -0.141. The molecule has 31 heavy (non-hydrogen) atoms. The van der Waals surface area contributed by atoms with Gasteiger partial charge in [0.05, 0.1) is 5.92 Å². The molecule has 0 unspecified atom stereocenters. The van der Waals surface area contributed by atoms with Crippen LogP contribution in [0.4, 0.5) is 0 Å². The summed E-state index contributed by atoms with van der Waals surface area (Å²) in [6.45, 7) is 0. The van der Waals surface area contributed by atoms with Gasteiger partial charge in [0, 0.05) is 32.5 Å². The molecule has 0 saturated carbocycles. The van der Waals surface area contributed by atoms with E-state index in [1.807, 2.05) is 60.7 Å². The maximum atomic E-state index is 12.6. The summed E-state index contributed by atoms with van der Waals surface area (Å²) in [6, 6.07) is 16.8. The van der Waals surface area contributed by atoms with Gasteiger partial charge in [0.25, 0.3) is 0 Å². The van der Waals surface area contributed by atoms with Crippen LogP contribution >= 0.6 is 0 Å². The summed E-state index contributed by atoms with van der Waals surface area (Å²) in [5.74, 6) is -1.39. The lowest BCUT2D eigenvalue weighted by atomic mass is 9.92. The van der Waals surface area contributed by atoms with Crippen LogP contribution in [0.3, 0.4) is 0 Å². The Labute approximate surface area is 184 Å². The molecule has 0 saturated heterocycles. The Morgan fingerprint density at radius 3 is 2.42 bits per heavy atom. The predicted octanol–water partition coefficient (Wildman–Crippen LogP) is 4.86. The first-order chi connectivity index (χ1) is 14.9. The van der Waals surface area contributed by atoms with E-state index in [2.05, 4.69) is 0 Å². The average Bonchev–Trinajstić information content (AvgIpc) is 2.76. The van der Waals surface area contributed by atoms with Crippen molar-refractivity contribution in [3.05, 3.63) is 77.4 Å². The quantitative estimate of drug-likeness (QED) is 0.392. The monoisotopic (exact) mass is 421 g/mol. The van der Waals surface area contributed by atoms with Gasteiger partial charge in [0.15, 0.2) is 5.78 Å². The van der Waals surface area contributed by atoms with Crippen molar-refractivity contribution in [3.8, 4) is 0 Å². The number of amides is 1. The molecule has 0 aliphatic heterocycles. The van der Waals surface area contributed by atoms with Crippen LogP contribution in [0.5, 0.6) is 0 Å². The Hall–Kier alpha value is -3.21. The van der Waals surface area contributed by atoms with Gasteiger partial charge in [-0.15, -0.1) is 0 Å². The Morgan fingerprint density at radius 1 is 1.00 bits per heavy atom. The molecule has 2 aromatic rings. The summed E-state index contributed by atoms with van der Waals surface area (Å²) in [5.41, 5.74) is 2.47. The number of carboxylic acid groups (broad SMARTS) is 1. The number of nitrogens with zero attached hydrogens (tertiary/aromatic N) is 1. The van der Waals surface area contributed by atoms with E-state index < -0.39 is 11.9 Å². The SMILES string of the molecule is CN(C)C(=O)CCC/C=C\c1cccc(C(=O)CC[C@H](Cc2ccccc2)C(=O)O)c1. The lowest BCUT2D eigenvalue weighted by Gasteiger charge is -2.12. The molecule has 0 aromatic heterocycles. The molecule has 1 amide bonds. The Balaban J connectivity index is 1.88. The molecule has 0 aliphatic rings. The highest BCUT2D eigenvalue weighted by Gasteiger charge is 2.20. The molecule has 0 heterocycles. The van der Waals surface area contributed by atoms with Gasteiger partial charge in [-0.2, -0.15) is 0 Å². The van der Waals surface area contributed by atoms with E-state index in [1.54, 1.807) is 25.1 Å². The van der Waals surface area contributed by atoms with Gasteiger partial charge in [-0.25, -0.2) is 0 Å². The minimum atomic E-state index is -0.874. The molecule has 0 radical (unpaired) electrons. The first-order valence-corrected chi connectivity index (χ1v) is 10.6. The summed E-state index contributed by atoms with van der Waals surface area (Å²) in [5, 5.41) is 9.52. The van der Waals surface area contributed by atoms with E-state index in [4.69, 9.17) is 0 Å². The van der Waals surface area contributed by atoms with E-state index in [0.717, 1.165) is 24.0 Å². The largest absolute Gasteiger partial charge is 0.481 e. The highest BCUT2D eigenvalue weighted by molar-refractivity contribution is 5.96. The third kappa shape index (κ3) is 8.59. The molecule has 0 bridgehead atoms. The molecule has 0 aliphatic carbocycles. The summed E-state index contributed by atoms with van der Waals surface area (Å²) in [6.07, 6.45) is 6.97. The van der Waals surface area contributed by atoms with Crippen LogP contribution in [-0.4, -0.2) is 41.8 Å². The summed E-state index contributed by atoms with van der Waals surface area (Å²) in [7, 11) is 3.50. The number of ketones is 1. The molecular weight excluding hydrogens is 390 g/mol. The van der Waals surface area contributed by atoms with Gasteiger partial charge in [-0.1, -0.05) is 60.7 Å². The van der Waals surface area contributed by atoms with E-state index in [9.17, 15) is 19.5 Å². The van der Waals surface area contributed by atoms with Crippen LogP contribution in [0.2, 0.25) is 0 Å². The molecule has 2 rings (SSSR count). The van der Waals surface area contributed by atoms with E-state index in [0.29, 0.717) is 24.8 Å². The third-order valence-electron chi connectivity index (χ3n) is 5.17. The van der Waals surface area contributed by atoms with Crippen molar-refractivity contribution in [1.82, 2.24) is 4.90 Å². The fourth-order valence-electron chi connectivity index (χ4n) is 3.29. The fraction of sp³-hybridized carbons (Fsp3) is 0.346. The van der Waals surface area contributed by atoms with Crippen molar-refractivity contribution >= 4 is 23.7 Å². The molecule has 2 aromatic carbocycles. The molecule has 1 N–H and O–H groups in total. The number of benzene rings is 2. The van der Waals surface area contributed by atoms with Crippen molar-refractivity contribution in [2.45, 2.75) is 38.5 Å². The van der Waals surface area contributed by atoms with Gasteiger partial charge in [-0.3, -0.25) is 14.4 Å². The number of Topliss-reactive ketones (excluding diaryl/α,β-unsaturated/α-hetero) is 1. The van der Waals surface area contributed by atoms with Crippen LogP contribution in [-0.2, 0) is 16.0 Å². The van der Waals surface area contributed by atoms with Crippen molar-refractivity contribution < 1.29 is 19.5 Å². The number of carbonyl (C=O) groups is 3. The van der Waals surface area contributed by atoms with Gasteiger partial charge in [-0.05, 0) is 42.9 Å². The zero-order valence-corrected chi connectivity index (χ0v) is 18.3. The second kappa shape index (κ2) is 12.5. The zero-order chi connectivity index (χ0) is 22.6. The van der Waals surface area contributed by atoms with Gasteiger partial charge < -0.3 is 10.0 Å². The van der Waals surface area contributed by atoms with Crippen molar-refractivity contribution in [3.63, 3.8) is 0 Å². The predicted molar refractivity (Wildman–Crippen MR) is 123 cm³/mol. The van der Waals surface area contributed by atoms with Crippen molar-refractivity contribution in [2.75, 3.05) is 14.1 Å². The minimum Gasteiger partial charge on any atom is -0.481 e. The van der Waals surface area contributed by atoms with Crippen molar-refractivity contribution in [2.24, 2.45) is 5.92 Å². The number of aliphatic carboxylic acids is 1. The lowest BCUT2D eigenvalue weighted by Crippen LogP contribution is -2.20. The van der Waals surface area contributed by atoms with Crippen LogP contribution in [0.15, 0.2) is 60.7 Å². The fourth-order valence-corrected chi connectivity index (χ4v) is 3.29. The Morgan fingerprint density at radius 2 is 1.74 bits per heavy atom. The first kappa shape index (κ1) is 24.1. The third-order valence-corrected chi connectivity index (χ3v) is 5.17. The number of carbonyl (C=O) groups excluding carboxylic acids is 2. The number of unbranched alkanes of at least 4 members (excludes halogenated alkanes) is 1. The average molecular weight is 422 g/mol. The number of allylic oxidation sites excluding steroid dienone is 1. The highest BCUT2D eigenvalue weighted by atomic mass is 16.4. The number of rotatable bonds is 12. The standard InChI is InChI=1S/C26H31NO4/c1-27(2)25(29)15-8-4-7-12-21-13-9-14-22(18-21)24(28)17-16-23(26(30)31)19-20-10-5-3-6-11-20/h3,5-7,9-14,18,23H,4,8,15-17,19H2,1-2H3,(H,30,31)/b12-7-/t23-/m1/s1. The topological polar surface area (TPSA) is 74.7 Å². The van der Waals surface area contributed by atoms with E-state index in [-0.39, 0.29) is 18.1 Å². The van der Waals surface area contributed by atoms with Crippen molar-refractivity contribution in [1.29, 1.82) is 0 Å². The number of carboxylic acids is 1. The van der Waals surface area contributed by atoms with Crippen LogP contribution in [0.25, 0.3) is 6.08 Å². The maximum Gasteiger partial charge on any atom is 0.306 e. The smallest absolute Gasteiger partial charge is 0.306 e. The van der Waals surface area contributed by atoms with E-state index >= 15 is 0 Å². The molecule has 0 spiro atoms. The summed E-state index contributed by atoms with van der Waals surface area (Å²) < 4.78 is 0. The molecular formula is C26H31NO4. The molecule has 5 heteroatoms. The van der Waals surface area contributed by atoms with Gasteiger partial charge >= 0.3 is 5.97 Å². The second-order valence-corrected chi connectivity index (χ2v) is 7.89. The molecule has 164 valence electrons. The maximum absolute atomic E-state index is 12.6. The summed E-state index contributed by atoms with van der Waals surface area (Å²) >= 11 is 0. The highest BCUT2D eigenvalue weighted by Crippen LogP contribution is 2.18. The normalized spacial score (nSPS) is 11.9. The number of hydrogen-bond acceptors (Lipinski definition) is 3. The zero-order valence-electron chi connectivity index (χ0n) is 18.3. The van der Waals surface area contributed by atoms with Gasteiger partial charge in [0.1, 0.15) is 0 Å².